The van der Waals surface area contributed by atoms with Crippen molar-refractivity contribution in [2.75, 3.05) is 0 Å². The van der Waals surface area contributed by atoms with Gasteiger partial charge in [-0.15, -0.1) is 10.2 Å². The van der Waals surface area contributed by atoms with Crippen LogP contribution in [0.2, 0.25) is 0 Å². The molecule has 126 valence electrons. The van der Waals surface area contributed by atoms with Crippen LogP contribution in [-0.2, 0) is 5.75 Å². The molecule has 0 saturated carbocycles. The fourth-order valence-corrected chi connectivity index (χ4v) is 3.49. The molecule has 0 N–H and O–H groups in total. The van der Waals surface area contributed by atoms with Crippen LogP contribution >= 0.6 is 11.8 Å². The number of benzene rings is 2. The molecular weight excluding hydrogens is 344 g/mol. The number of halogens is 2. The number of fused-ring (bicyclic) bond motifs is 1. The predicted octanol–water partition coefficient (Wildman–Crippen LogP) is 4.30. The zero-order valence-corrected chi connectivity index (χ0v) is 13.8. The zero-order chi connectivity index (χ0) is 17.2. The topological polar surface area (TPSA) is 48.5 Å². The van der Waals surface area contributed by atoms with E-state index >= 15 is 0 Å². The molecule has 4 rings (SSSR count). The predicted molar refractivity (Wildman–Crippen MR) is 91.9 cm³/mol. The summed E-state index contributed by atoms with van der Waals surface area (Å²) in [6.45, 7) is -2.64. The Morgan fingerprint density at radius 3 is 2.56 bits per heavy atom. The number of alkyl halides is 2. The third kappa shape index (κ3) is 3.00. The quantitative estimate of drug-likeness (QED) is 0.500. The van der Waals surface area contributed by atoms with Gasteiger partial charge < -0.3 is 0 Å². The second-order valence-corrected chi connectivity index (χ2v) is 6.21. The van der Waals surface area contributed by atoms with E-state index in [0.717, 1.165) is 10.3 Å². The summed E-state index contributed by atoms with van der Waals surface area (Å²) in [6.07, 6.45) is 1.60. The van der Waals surface area contributed by atoms with Crippen molar-refractivity contribution in [1.29, 1.82) is 0 Å². The second-order valence-electron chi connectivity index (χ2n) is 5.27. The van der Waals surface area contributed by atoms with Gasteiger partial charge in [0.25, 0.3) is 0 Å². The van der Waals surface area contributed by atoms with E-state index in [1.54, 1.807) is 30.6 Å². The molecule has 0 spiro atoms. The molecule has 0 radical (unpaired) electrons. The van der Waals surface area contributed by atoms with E-state index < -0.39 is 6.55 Å². The smallest absolute Gasteiger partial charge is 0.277 e. The third-order valence-corrected chi connectivity index (χ3v) is 4.68. The van der Waals surface area contributed by atoms with Gasteiger partial charge in [0.15, 0.2) is 5.16 Å². The molecule has 0 atom stereocenters. The monoisotopic (exact) mass is 357 g/mol. The van der Waals surface area contributed by atoms with Crippen molar-refractivity contribution >= 4 is 22.8 Å². The lowest BCUT2D eigenvalue weighted by Gasteiger charge is -2.08. The molecule has 5 nitrogen and oxygen atoms in total. The largest absolute Gasteiger partial charge is 0.320 e. The molecule has 0 fully saturated rings. The van der Waals surface area contributed by atoms with Crippen LogP contribution in [0.3, 0.4) is 0 Å². The number of hydrogen-bond donors (Lipinski definition) is 0. The molecule has 2 aromatic carbocycles. The maximum Gasteiger partial charge on any atom is 0.320 e. The first-order valence-electron chi connectivity index (χ1n) is 7.56. The number of nitrogens with zero attached hydrogens (tertiary/aromatic N) is 5. The van der Waals surface area contributed by atoms with E-state index in [1.165, 1.54) is 11.8 Å². The Balaban J connectivity index is 1.64. The zero-order valence-electron chi connectivity index (χ0n) is 13.0. The van der Waals surface area contributed by atoms with Gasteiger partial charge in [0.1, 0.15) is 12.2 Å². The summed E-state index contributed by atoms with van der Waals surface area (Å²) in [5.74, 6) is 0.577. The molecule has 8 heteroatoms. The summed E-state index contributed by atoms with van der Waals surface area (Å²) < 4.78 is 29.7. The Bertz CT molecular complexity index is 997. The molecule has 2 aromatic heterocycles. The van der Waals surface area contributed by atoms with Crippen LogP contribution in [0.4, 0.5) is 8.78 Å². The maximum absolute atomic E-state index is 13.5. The fourth-order valence-electron chi connectivity index (χ4n) is 2.63. The number of imidazole rings is 1. The van der Waals surface area contributed by atoms with Crippen LogP contribution in [-0.4, -0.2) is 24.3 Å². The Hall–Kier alpha value is -2.74. The third-order valence-electron chi connectivity index (χ3n) is 3.75. The van der Waals surface area contributed by atoms with Gasteiger partial charge in [-0.25, -0.2) is 4.98 Å². The van der Waals surface area contributed by atoms with E-state index in [4.69, 9.17) is 0 Å². The van der Waals surface area contributed by atoms with Gasteiger partial charge in [0.2, 0.25) is 0 Å². The van der Waals surface area contributed by atoms with Crippen LogP contribution in [0.5, 0.6) is 0 Å². The standard InChI is InChI=1S/C17H13F2N5S/c18-16(19)24-14-9-5-4-8-13(14)21-15(24)10-25-17-22-20-11-23(17)12-6-2-1-3-7-12/h1-9,11,16H,10H2. The van der Waals surface area contributed by atoms with Crippen molar-refractivity contribution in [2.24, 2.45) is 0 Å². The lowest BCUT2D eigenvalue weighted by atomic mass is 10.3. The summed E-state index contributed by atoms with van der Waals surface area (Å²) >= 11 is 1.32. The average Bonchev–Trinajstić information content (AvgIpc) is 3.24. The second kappa shape index (κ2) is 6.64. The Kier molecular flexibility index (Phi) is 4.19. The first kappa shape index (κ1) is 15.8. The summed E-state index contributed by atoms with van der Waals surface area (Å²) in [6, 6.07) is 16.5. The van der Waals surface area contributed by atoms with Crippen molar-refractivity contribution < 1.29 is 8.78 Å². The minimum atomic E-state index is -2.64. The van der Waals surface area contributed by atoms with Crippen LogP contribution in [0.1, 0.15) is 12.4 Å². The highest BCUT2D eigenvalue weighted by atomic mass is 32.2. The van der Waals surface area contributed by atoms with Crippen molar-refractivity contribution in [3.05, 3.63) is 66.7 Å². The van der Waals surface area contributed by atoms with E-state index in [2.05, 4.69) is 15.2 Å². The number of para-hydroxylation sites is 3. The number of aromatic nitrogens is 5. The number of hydrogen-bond acceptors (Lipinski definition) is 4. The fraction of sp³-hybridized carbons (Fsp3) is 0.118. The molecule has 0 unspecified atom stereocenters. The van der Waals surface area contributed by atoms with Crippen LogP contribution in [0, 0.1) is 0 Å². The Morgan fingerprint density at radius 1 is 1.00 bits per heavy atom. The van der Waals surface area contributed by atoms with E-state index in [-0.39, 0.29) is 5.75 Å². The number of rotatable bonds is 5. The number of thioether (sulfide) groups is 1. The molecule has 0 saturated heterocycles. The van der Waals surface area contributed by atoms with Crippen LogP contribution < -0.4 is 0 Å². The lowest BCUT2D eigenvalue weighted by Crippen LogP contribution is -2.04. The maximum atomic E-state index is 13.5. The SMILES string of the molecule is FC(F)n1c(CSc2nncn2-c2ccccc2)nc2ccccc21. The molecule has 0 aliphatic carbocycles. The molecule has 0 aliphatic rings. The highest BCUT2D eigenvalue weighted by molar-refractivity contribution is 7.98. The van der Waals surface area contributed by atoms with Crippen molar-refractivity contribution in [2.45, 2.75) is 17.5 Å². The molecule has 4 aromatic rings. The van der Waals surface area contributed by atoms with Crippen LogP contribution in [0.25, 0.3) is 16.7 Å². The molecule has 0 aliphatic heterocycles. The normalized spacial score (nSPS) is 11.5. The highest BCUT2D eigenvalue weighted by Gasteiger charge is 2.18. The molecule has 25 heavy (non-hydrogen) atoms. The summed E-state index contributed by atoms with van der Waals surface area (Å²) in [7, 11) is 0. The summed E-state index contributed by atoms with van der Waals surface area (Å²) in [5, 5.41) is 8.64. The Labute approximate surface area is 146 Å². The van der Waals surface area contributed by atoms with Gasteiger partial charge in [-0.3, -0.25) is 9.13 Å². The molecule has 0 amide bonds. The van der Waals surface area contributed by atoms with Crippen molar-refractivity contribution in [3.8, 4) is 5.69 Å². The van der Waals surface area contributed by atoms with Crippen molar-refractivity contribution in [3.63, 3.8) is 0 Å². The van der Waals surface area contributed by atoms with Gasteiger partial charge in [-0.05, 0) is 24.3 Å². The molecular formula is C17H13F2N5S. The first-order valence-corrected chi connectivity index (χ1v) is 8.55. The summed E-state index contributed by atoms with van der Waals surface area (Å²) in [4.78, 5) is 4.34. The van der Waals surface area contributed by atoms with Gasteiger partial charge in [0.05, 0.1) is 16.8 Å². The van der Waals surface area contributed by atoms with E-state index in [1.807, 2.05) is 34.9 Å². The van der Waals surface area contributed by atoms with E-state index in [9.17, 15) is 8.78 Å². The van der Waals surface area contributed by atoms with Gasteiger partial charge in [0, 0.05) is 5.69 Å². The van der Waals surface area contributed by atoms with Gasteiger partial charge in [-0.2, -0.15) is 8.78 Å². The average molecular weight is 357 g/mol. The minimum Gasteiger partial charge on any atom is -0.277 e. The molecule has 2 heterocycles. The summed E-state index contributed by atoms with van der Waals surface area (Å²) in [5.41, 5.74) is 1.90. The van der Waals surface area contributed by atoms with Gasteiger partial charge in [-0.1, -0.05) is 42.1 Å². The van der Waals surface area contributed by atoms with Gasteiger partial charge >= 0.3 is 6.55 Å². The lowest BCUT2D eigenvalue weighted by molar-refractivity contribution is 0.0722. The van der Waals surface area contributed by atoms with Crippen molar-refractivity contribution in [1.82, 2.24) is 24.3 Å². The Morgan fingerprint density at radius 2 is 1.76 bits per heavy atom. The minimum absolute atomic E-state index is 0.268. The van der Waals surface area contributed by atoms with E-state index in [0.29, 0.717) is 22.0 Å². The first-order chi connectivity index (χ1) is 12.2. The molecule has 0 bridgehead atoms. The van der Waals surface area contributed by atoms with Crippen LogP contribution in [0.15, 0.2) is 66.1 Å². The highest BCUT2D eigenvalue weighted by Crippen LogP contribution is 2.28.